The number of aryl methyl sites for hydroxylation is 1. The summed E-state index contributed by atoms with van der Waals surface area (Å²) in [5.41, 5.74) is 0.744. The highest BCUT2D eigenvalue weighted by atomic mass is 127. The molecule has 10 nitrogen and oxygen atoms in total. The van der Waals surface area contributed by atoms with E-state index in [1.807, 2.05) is 22.6 Å². The second-order valence-corrected chi connectivity index (χ2v) is 10.3. The van der Waals surface area contributed by atoms with E-state index >= 15 is 0 Å². The molecule has 2 aliphatic rings. The fourth-order valence-corrected chi connectivity index (χ4v) is 6.51. The Labute approximate surface area is 184 Å². The lowest BCUT2D eigenvalue weighted by Gasteiger charge is -2.25. The molecule has 30 heavy (non-hydrogen) atoms. The highest BCUT2D eigenvalue weighted by Gasteiger charge is 2.52. The molecule has 4 heterocycles. The van der Waals surface area contributed by atoms with E-state index in [-0.39, 0.29) is 29.2 Å². The van der Waals surface area contributed by atoms with E-state index in [0.717, 1.165) is 4.57 Å². The summed E-state index contributed by atoms with van der Waals surface area (Å²) in [6.07, 6.45) is 3.27. The monoisotopic (exact) mass is 538 g/mol. The largest absolute Gasteiger partial charge is 0.493 e. The number of nitrogens with zero attached hydrogens (tertiary/aromatic N) is 6. The number of benzene rings is 1. The van der Waals surface area contributed by atoms with Gasteiger partial charge in [0, 0.05) is 23.4 Å². The molecular weight excluding hydrogens is 523 g/mol. The van der Waals surface area contributed by atoms with Crippen LogP contribution >= 0.6 is 22.6 Å². The predicted octanol–water partition coefficient (Wildman–Crippen LogP) is 1.24. The van der Waals surface area contributed by atoms with Crippen molar-refractivity contribution in [3.8, 4) is 17.6 Å². The number of imidazole rings is 2. The van der Waals surface area contributed by atoms with Crippen molar-refractivity contribution in [2.24, 2.45) is 7.05 Å². The number of sulfonamides is 1. The topological polar surface area (TPSA) is 126 Å². The Hall–Kier alpha value is -2.63. The van der Waals surface area contributed by atoms with Gasteiger partial charge in [0.15, 0.2) is 5.03 Å². The fourth-order valence-electron chi connectivity index (χ4n) is 4.28. The van der Waals surface area contributed by atoms with Crippen molar-refractivity contribution >= 4 is 32.6 Å². The Bertz CT molecular complexity index is 1410. The summed E-state index contributed by atoms with van der Waals surface area (Å²) in [6.45, 7) is 0.144. The van der Waals surface area contributed by atoms with Crippen LogP contribution in [0, 0.1) is 14.9 Å². The van der Waals surface area contributed by atoms with E-state index in [4.69, 9.17) is 5.26 Å². The number of rotatable bonds is 3. The van der Waals surface area contributed by atoms with Crippen molar-refractivity contribution in [1.29, 1.82) is 5.26 Å². The number of fused-ring (bicyclic) bond motifs is 5. The molecule has 5 rings (SSSR count). The van der Waals surface area contributed by atoms with Gasteiger partial charge in [-0.15, -0.1) is 0 Å². The molecule has 2 bridgehead atoms. The molecule has 1 fully saturated rings. The summed E-state index contributed by atoms with van der Waals surface area (Å²) in [5, 5.41) is 20.0. The first-order chi connectivity index (χ1) is 14.2. The van der Waals surface area contributed by atoms with Crippen LogP contribution in [0.25, 0.3) is 5.69 Å². The third-order valence-electron chi connectivity index (χ3n) is 5.60. The Morgan fingerprint density at radius 2 is 2.13 bits per heavy atom. The minimum absolute atomic E-state index is 0.0629. The maximum Gasteiger partial charge on any atom is 0.336 e. The van der Waals surface area contributed by atoms with Gasteiger partial charge in [0.25, 0.3) is 10.0 Å². The lowest BCUT2D eigenvalue weighted by molar-refractivity contribution is 0.341. The summed E-state index contributed by atoms with van der Waals surface area (Å²) in [6, 6.07) is 5.86. The van der Waals surface area contributed by atoms with Crippen molar-refractivity contribution < 1.29 is 13.5 Å². The Balaban J connectivity index is 1.61. The molecule has 12 heteroatoms. The van der Waals surface area contributed by atoms with Crippen LogP contribution in [-0.2, 0) is 17.1 Å². The van der Waals surface area contributed by atoms with Crippen LogP contribution in [0.2, 0.25) is 0 Å². The van der Waals surface area contributed by atoms with Crippen LogP contribution in [0.5, 0.6) is 5.88 Å². The highest BCUT2D eigenvalue weighted by Crippen LogP contribution is 2.50. The van der Waals surface area contributed by atoms with Gasteiger partial charge in [-0.05, 0) is 47.2 Å². The zero-order valence-electron chi connectivity index (χ0n) is 15.6. The van der Waals surface area contributed by atoms with Gasteiger partial charge in [-0.3, -0.25) is 4.57 Å². The Morgan fingerprint density at radius 3 is 2.77 bits per heavy atom. The van der Waals surface area contributed by atoms with Gasteiger partial charge in [-0.2, -0.15) is 9.57 Å². The lowest BCUT2D eigenvalue weighted by Crippen LogP contribution is -2.38. The molecule has 1 N–H and O–H groups in total. The average Bonchev–Trinajstić information content (AvgIpc) is 3.45. The average molecular weight is 538 g/mol. The lowest BCUT2D eigenvalue weighted by atomic mass is 10.2. The van der Waals surface area contributed by atoms with Crippen LogP contribution in [0.1, 0.15) is 29.8 Å². The minimum atomic E-state index is -3.86. The second kappa shape index (κ2) is 6.43. The first-order valence-corrected chi connectivity index (χ1v) is 11.5. The van der Waals surface area contributed by atoms with E-state index < -0.39 is 21.8 Å². The third kappa shape index (κ3) is 2.52. The minimum Gasteiger partial charge on any atom is -0.493 e. The molecule has 1 saturated heterocycles. The van der Waals surface area contributed by atoms with Crippen molar-refractivity contribution in [3.63, 3.8) is 0 Å². The standard InChI is InChI=1S/C18H15IN6O4S/c1-22-8-15(21-9-22)30(28,29)23-7-12-5-14(23)16-17(26)25(18(27)24(12)16)11-3-2-10(6-20)13(19)4-11/h2-4,8-9,12,14,26H,5,7H2,1H3/t12-,14-/m0/s1. The number of aromatic nitrogens is 4. The first kappa shape index (κ1) is 19.3. The SMILES string of the molecule is Cn1cnc(S(=O)(=O)N2C[C@@H]3C[C@H]2c2c(O)n(-c4ccc(C#N)c(I)c4)c(=O)n23)c1. The van der Waals surface area contributed by atoms with Gasteiger partial charge in [-0.1, -0.05) is 0 Å². The Kier molecular flexibility index (Phi) is 4.15. The van der Waals surface area contributed by atoms with E-state index in [0.29, 0.717) is 21.2 Å². The molecule has 0 saturated carbocycles. The van der Waals surface area contributed by atoms with Crippen LogP contribution < -0.4 is 5.69 Å². The van der Waals surface area contributed by atoms with Crippen molar-refractivity contribution in [1.82, 2.24) is 23.0 Å². The smallest absolute Gasteiger partial charge is 0.336 e. The molecule has 0 radical (unpaired) electrons. The van der Waals surface area contributed by atoms with Gasteiger partial charge in [-0.25, -0.2) is 22.8 Å². The zero-order chi connectivity index (χ0) is 21.4. The van der Waals surface area contributed by atoms with Crippen LogP contribution in [0.4, 0.5) is 0 Å². The normalized spacial score (nSPS) is 20.4. The predicted molar refractivity (Wildman–Crippen MR) is 113 cm³/mol. The van der Waals surface area contributed by atoms with Gasteiger partial charge in [0.2, 0.25) is 5.88 Å². The van der Waals surface area contributed by atoms with E-state index in [2.05, 4.69) is 11.1 Å². The summed E-state index contributed by atoms with van der Waals surface area (Å²) in [5.74, 6) is -0.283. The first-order valence-electron chi connectivity index (χ1n) is 9.00. The molecule has 0 unspecified atom stereocenters. The van der Waals surface area contributed by atoms with Gasteiger partial charge < -0.3 is 9.67 Å². The molecule has 154 valence electrons. The molecule has 2 aliphatic heterocycles. The quantitative estimate of drug-likeness (QED) is 0.501. The number of halogens is 1. The molecular formula is C18H15IN6O4S. The van der Waals surface area contributed by atoms with Crippen LogP contribution in [0.3, 0.4) is 0 Å². The summed E-state index contributed by atoms with van der Waals surface area (Å²) >= 11 is 1.99. The zero-order valence-corrected chi connectivity index (χ0v) is 18.6. The fraction of sp³-hybridized carbons (Fsp3) is 0.278. The Morgan fingerprint density at radius 1 is 1.37 bits per heavy atom. The number of hydrogen-bond acceptors (Lipinski definition) is 6. The summed E-state index contributed by atoms with van der Waals surface area (Å²) < 4.78 is 32.3. The van der Waals surface area contributed by atoms with Crippen molar-refractivity contribution in [3.05, 3.63) is 56.0 Å². The van der Waals surface area contributed by atoms with Crippen LogP contribution in [-0.4, -0.2) is 43.1 Å². The van der Waals surface area contributed by atoms with Gasteiger partial charge in [0.05, 0.1) is 29.7 Å². The molecule has 1 aromatic carbocycles. The summed E-state index contributed by atoms with van der Waals surface area (Å²) in [4.78, 5) is 17.0. The van der Waals surface area contributed by atoms with Gasteiger partial charge in [0.1, 0.15) is 11.8 Å². The molecule has 0 aliphatic carbocycles. The van der Waals surface area contributed by atoms with Crippen molar-refractivity contribution in [2.75, 3.05) is 6.54 Å². The molecule has 2 aromatic heterocycles. The maximum atomic E-state index is 13.1. The summed E-state index contributed by atoms with van der Waals surface area (Å²) in [7, 11) is -2.18. The molecule has 0 amide bonds. The number of hydrogen-bond donors (Lipinski definition) is 1. The highest BCUT2D eigenvalue weighted by molar-refractivity contribution is 14.1. The van der Waals surface area contributed by atoms with Crippen LogP contribution in [0.15, 0.2) is 40.5 Å². The van der Waals surface area contributed by atoms with E-state index in [1.54, 1.807) is 29.8 Å². The number of aromatic hydroxyl groups is 1. The second-order valence-electron chi connectivity index (χ2n) is 7.33. The van der Waals surface area contributed by atoms with Crippen molar-refractivity contribution in [2.45, 2.75) is 23.5 Å². The molecule has 0 spiro atoms. The van der Waals surface area contributed by atoms with E-state index in [9.17, 15) is 18.3 Å². The maximum absolute atomic E-state index is 13.1. The molecule has 3 aromatic rings. The van der Waals surface area contributed by atoms with Gasteiger partial charge >= 0.3 is 5.69 Å². The third-order valence-corrected chi connectivity index (χ3v) is 8.25. The molecule has 2 atom stereocenters. The number of nitriles is 1. The van der Waals surface area contributed by atoms with E-state index in [1.165, 1.54) is 21.4 Å².